The fraction of sp³-hybridized carbons (Fsp3) is 0.0909. The van der Waals surface area contributed by atoms with Gasteiger partial charge in [-0.2, -0.15) is 15.5 Å². The van der Waals surface area contributed by atoms with Gasteiger partial charge in [-0.15, -0.1) is 0 Å². The number of benzene rings is 2. The smallest absolute Gasteiger partial charge is 0.258 e. The number of hydrogen-bond donors (Lipinski definition) is 0. The Hall–Kier alpha value is -4.36. The van der Waals surface area contributed by atoms with Gasteiger partial charge in [-0.1, -0.05) is 12.1 Å². The third kappa shape index (κ3) is 4.68. The Kier molecular flexibility index (Phi) is 5.72. The van der Waals surface area contributed by atoms with E-state index >= 15 is 0 Å². The number of rotatable bonds is 5. The molecule has 0 aliphatic carbocycles. The molecule has 0 spiro atoms. The molecule has 0 atom stereocenters. The quantitative estimate of drug-likeness (QED) is 0.656. The zero-order chi connectivity index (χ0) is 20.8. The summed E-state index contributed by atoms with van der Waals surface area (Å²) < 4.78 is 11.5. The molecule has 0 radical (unpaired) electrons. The predicted molar refractivity (Wildman–Crippen MR) is 105 cm³/mol. The highest BCUT2D eigenvalue weighted by molar-refractivity contribution is 5.96. The third-order valence-corrected chi connectivity index (χ3v) is 3.83. The molecule has 3 aromatic rings. The first-order chi connectivity index (χ1) is 14.0. The van der Waals surface area contributed by atoms with E-state index in [1.165, 1.54) is 4.90 Å². The van der Waals surface area contributed by atoms with E-state index < -0.39 is 0 Å². The Morgan fingerprint density at radius 2 is 1.48 bits per heavy atom. The highest BCUT2D eigenvalue weighted by Gasteiger charge is 2.18. The summed E-state index contributed by atoms with van der Waals surface area (Å²) in [6, 6.07) is 20.4. The topological polar surface area (TPSA) is 99.2 Å². The summed E-state index contributed by atoms with van der Waals surface area (Å²) in [5, 5.41) is 18.1. The van der Waals surface area contributed by atoms with Crippen molar-refractivity contribution in [2.24, 2.45) is 0 Å². The average molecular weight is 384 g/mol. The molecule has 0 unspecified atom stereocenters. The Labute approximate surface area is 168 Å². The molecule has 2 aromatic carbocycles. The maximum Gasteiger partial charge on any atom is 0.258 e. The summed E-state index contributed by atoms with van der Waals surface area (Å²) in [6.07, 6.45) is 0. The van der Waals surface area contributed by atoms with Crippen molar-refractivity contribution < 1.29 is 14.3 Å². The molecule has 0 bridgehead atoms. The van der Waals surface area contributed by atoms with Gasteiger partial charge in [-0.05, 0) is 42.5 Å². The van der Waals surface area contributed by atoms with E-state index in [1.807, 2.05) is 12.1 Å². The van der Waals surface area contributed by atoms with E-state index in [4.69, 9.17) is 20.0 Å². The Balaban J connectivity index is 1.98. The van der Waals surface area contributed by atoms with Crippen LogP contribution in [0.15, 0.2) is 60.7 Å². The van der Waals surface area contributed by atoms with Crippen molar-refractivity contribution in [2.75, 3.05) is 14.1 Å². The van der Waals surface area contributed by atoms with Gasteiger partial charge in [0.25, 0.3) is 5.91 Å². The van der Waals surface area contributed by atoms with Crippen LogP contribution in [-0.2, 0) is 0 Å². The molecule has 29 heavy (non-hydrogen) atoms. The van der Waals surface area contributed by atoms with Gasteiger partial charge in [-0.25, -0.2) is 0 Å². The number of amides is 1. The molecule has 0 fully saturated rings. The van der Waals surface area contributed by atoms with Gasteiger partial charge in [0, 0.05) is 20.2 Å². The van der Waals surface area contributed by atoms with Crippen LogP contribution < -0.4 is 9.47 Å². The normalized spacial score (nSPS) is 9.79. The minimum atomic E-state index is -0.290. The molecular weight excluding hydrogens is 368 g/mol. The van der Waals surface area contributed by atoms with Gasteiger partial charge in [0.2, 0.25) is 11.8 Å². The first-order valence-electron chi connectivity index (χ1n) is 8.59. The van der Waals surface area contributed by atoms with E-state index in [-0.39, 0.29) is 23.2 Å². The van der Waals surface area contributed by atoms with Crippen molar-refractivity contribution in [3.8, 4) is 35.4 Å². The summed E-state index contributed by atoms with van der Waals surface area (Å²) in [7, 11) is 3.25. The van der Waals surface area contributed by atoms with Crippen molar-refractivity contribution in [3.05, 3.63) is 77.4 Å². The van der Waals surface area contributed by atoms with Crippen LogP contribution in [-0.4, -0.2) is 29.9 Å². The summed E-state index contributed by atoms with van der Waals surface area (Å²) in [6.45, 7) is 0. The predicted octanol–water partition coefficient (Wildman–Crippen LogP) is 4.11. The van der Waals surface area contributed by atoms with Crippen molar-refractivity contribution in [1.29, 1.82) is 10.5 Å². The molecule has 7 heteroatoms. The Morgan fingerprint density at radius 3 is 2.03 bits per heavy atom. The minimum Gasteiger partial charge on any atom is -0.439 e. The van der Waals surface area contributed by atoms with E-state index in [0.717, 1.165) is 0 Å². The van der Waals surface area contributed by atoms with Crippen molar-refractivity contribution in [3.63, 3.8) is 0 Å². The van der Waals surface area contributed by atoms with Gasteiger partial charge in [0.1, 0.15) is 17.1 Å². The van der Waals surface area contributed by atoms with Crippen molar-refractivity contribution >= 4 is 5.91 Å². The van der Waals surface area contributed by atoms with Gasteiger partial charge >= 0.3 is 0 Å². The second-order valence-corrected chi connectivity index (χ2v) is 6.19. The molecule has 1 heterocycles. The van der Waals surface area contributed by atoms with Crippen LogP contribution in [0.4, 0.5) is 0 Å². The summed E-state index contributed by atoms with van der Waals surface area (Å²) in [5.74, 6) is 0.755. The first kappa shape index (κ1) is 19.4. The molecule has 0 saturated carbocycles. The zero-order valence-corrected chi connectivity index (χ0v) is 15.8. The second kappa shape index (κ2) is 8.55. The van der Waals surface area contributed by atoms with E-state index in [1.54, 1.807) is 74.8 Å². The number of carbonyl (C=O) groups is 1. The van der Waals surface area contributed by atoms with Crippen LogP contribution in [0.5, 0.6) is 23.3 Å². The fourth-order valence-corrected chi connectivity index (χ4v) is 2.45. The van der Waals surface area contributed by atoms with E-state index in [9.17, 15) is 4.79 Å². The molecule has 0 N–H and O–H groups in total. The molecule has 7 nitrogen and oxygen atoms in total. The van der Waals surface area contributed by atoms with E-state index in [2.05, 4.69) is 4.98 Å². The molecule has 3 rings (SSSR count). The monoisotopic (exact) mass is 384 g/mol. The molecule has 1 aromatic heterocycles. The minimum absolute atomic E-state index is 0.0488. The lowest BCUT2D eigenvalue weighted by atomic mass is 10.2. The van der Waals surface area contributed by atoms with Crippen LogP contribution in [0.25, 0.3) is 0 Å². The number of hydrogen-bond acceptors (Lipinski definition) is 6. The molecule has 1 amide bonds. The maximum atomic E-state index is 12.5. The van der Waals surface area contributed by atoms with Crippen LogP contribution >= 0.6 is 0 Å². The largest absolute Gasteiger partial charge is 0.439 e. The first-order valence-corrected chi connectivity index (χ1v) is 8.59. The standard InChI is InChI=1S/C22H16N4O3/c1-26(2)22(27)19-9-10-20(28-17-7-3-5-15(11-17)13-23)25-21(19)29-18-8-4-6-16(12-18)14-24/h3-12H,1-2H3. The lowest BCUT2D eigenvalue weighted by Crippen LogP contribution is -2.22. The number of nitrogens with zero attached hydrogens (tertiary/aromatic N) is 4. The van der Waals surface area contributed by atoms with Gasteiger partial charge in [0.15, 0.2) is 0 Å². The fourth-order valence-electron chi connectivity index (χ4n) is 2.45. The summed E-state index contributed by atoms with van der Waals surface area (Å²) >= 11 is 0. The average Bonchev–Trinajstić information content (AvgIpc) is 2.73. The maximum absolute atomic E-state index is 12.5. The number of ether oxygens (including phenoxy) is 2. The molecule has 0 aliphatic rings. The SMILES string of the molecule is CN(C)C(=O)c1ccc(Oc2cccc(C#N)c2)nc1Oc1cccc(C#N)c1. The summed E-state index contributed by atoms with van der Waals surface area (Å²) in [4.78, 5) is 18.2. The number of aromatic nitrogens is 1. The third-order valence-electron chi connectivity index (χ3n) is 3.83. The van der Waals surface area contributed by atoms with Crippen LogP contribution in [0.1, 0.15) is 21.5 Å². The highest BCUT2D eigenvalue weighted by atomic mass is 16.5. The van der Waals surface area contributed by atoms with Crippen LogP contribution in [0.2, 0.25) is 0 Å². The number of pyridine rings is 1. The lowest BCUT2D eigenvalue weighted by Gasteiger charge is -2.15. The lowest BCUT2D eigenvalue weighted by molar-refractivity contribution is 0.0824. The van der Waals surface area contributed by atoms with Crippen LogP contribution in [0.3, 0.4) is 0 Å². The second-order valence-electron chi connectivity index (χ2n) is 6.19. The number of nitriles is 2. The van der Waals surface area contributed by atoms with Crippen LogP contribution in [0, 0.1) is 22.7 Å². The molecule has 142 valence electrons. The van der Waals surface area contributed by atoms with E-state index in [0.29, 0.717) is 22.6 Å². The Bertz CT molecular complexity index is 1140. The van der Waals surface area contributed by atoms with Gasteiger partial charge < -0.3 is 14.4 Å². The molecular formula is C22H16N4O3. The Morgan fingerprint density at radius 1 is 0.897 bits per heavy atom. The van der Waals surface area contributed by atoms with Crippen molar-refractivity contribution in [1.82, 2.24) is 9.88 Å². The highest BCUT2D eigenvalue weighted by Crippen LogP contribution is 2.29. The van der Waals surface area contributed by atoms with Gasteiger partial charge in [-0.3, -0.25) is 4.79 Å². The molecule has 0 saturated heterocycles. The van der Waals surface area contributed by atoms with Gasteiger partial charge in [0.05, 0.1) is 23.3 Å². The number of carbonyl (C=O) groups excluding carboxylic acids is 1. The summed E-state index contributed by atoms with van der Waals surface area (Å²) in [5.41, 5.74) is 1.12. The van der Waals surface area contributed by atoms with Crippen molar-refractivity contribution in [2.45, 2.75) is 0 Å². The molecule has 0 aliphatic heterocycles. The zero-order valence-electron chi connectivity index (χ0n) is 15.8.